The predicted octanol–water partition coefficient (Wildman–Crippen LogP) is 2.65. The van der Waals surface area contributed by atoms with Gasteiger partial charge in [-0.1, -0.05) is 42.5 Å². The van der Waals surface area contributed by atoms with Crippen LogP contribution in [-0.4, -0.2) is 16.8 Å². The van der Waals surface area contributed by atoms with Crippen LogP contribution in [-0.2, 0) is 11.3 Å². The van der Waals surface area contributed by atoms with Gasteiger partial charge in [-0.15, -0.1) is 0 Å². The van der Waals surface area contributed by atoms with Crippen molar-refractivity contribution in [3.05, 3.63) is 77.0 Å². The first-order valence-corrected chi connectivity index (χ1v) is 7.06. The summed E-state index contributed by atoms with van der Waals surface area (Å²) < 4.78 is 0. The van der Waals surface area contributed by atoms with Crippen molar-refractivity contribution in [1.82, 2.24) is 10.2 Å². The van der Waals surface area contributed by atoms with Crippen molar-refractivity contribution >= 4 is 18.0 Å². The first kappa shape index (κ1) is 14.5. The molecule has 1 N–H and O–H groups in total. The molecular formula is C18H13N3O2. The van der Waals surface area contributed by atoms with Crippen LogP contribution in [0.2, 0.25) is 0 Å². The molecule has 0 spiro atoms. The second kappa shape index (κ2) is 6.16. The number of hydrogen-bond acceptors (Lipinski definition) is 3. The summed E-state index contributed by atoms with van der Waals surface area (Å²) >= 11 is 0. The fourth-order valence-electron chi connectivity index (χ4n) is 2.30. The zero-order valence-electron chi connectivity index (χ0n) is 12.2. The summed E-state index contributed by atoms with van der Waals surface area (Å²) in [6.07, 6.45) is 1.60. The number of hydrogen-bond donors (Lipinski definition) is 1. The van der Waals surface area contributed by atoms with E-state index in [0.29, 0.717) is 5.56 Å². The first-order valence-electron chi connectivity index (χ1n) is 7.06. The lowest BCUT2D eigenvalue weighted by molar-refractivity contribution is -0.123. The van der Waals surface area contributed by atoms with Crippen LogP contribution in [0.1, 0.15) is 16.7 Å². The minimum atomic E-state index is -0.432. The van der Waals surface area contributed by atoms with Crippen molar-refractivity contribution in [1.29, 1.82) is 5.26 Å². The van der Waals surface area contributed by atoms with Gasteiger partial charge in [0.1, 0.15) is 5.70 Å². The number of urea groups is 1. The van der Waals surface area contributed by atoms with Crippen molar-refractivity contribution in [2.75, 3.05) is 0 Å². The van der Waals surface area contributed by atoms with Gasteiger partial charge in [0.2, 0.25) is 0 Å². The van der Waals surface area contributed by atoms with Gasteiger partial charge in [-0.2, -0.15) is 5.26 Å². The van der Waals surface area contributed by atoms with E-state index in [9.17, 15) is 9.59 Å². The minimum Gasteiger partial charge on any atom is -0.303 e. The molecule has 1 fully saturated rings. The molecule has 3 rings (SSSR count). The summed E-state index contributed by atoms with van der Waals surface area (Å²) in [7, 11) is 0. The molecule has 0 atom stereocenters. The topological polar surface area (TPSA) is 73.2 Å². The maximum Gasteiger partial charge on any atom is 0.329 e. The minimum absolute atomic E-state index is 0.232. The molecule has 5 heteroatoms. The third kappa shape index (κ3) is 3.11. The standard InChI is InChI=1S/C18H13N3O2/c19-11-14-8-6-13(7-9-14)10-16-17(22)21(18(23)20-16)12-15-4-2-1-3-5-15/h1-10H,12H2,(H,20,23)/b16-10+. The van der Waals surface area contributed by atoms with E-state index in [-0.39, 0.29) is 18.1 Å². The van der Waals surface area contributed by atoms with Crippen LogP contribution in [0.5, 0.6) is 0 Å². The Bertz CT molecular complexity index is 818. The molecule has 0 aromatic heterocycles. The number of nitrogens with one attached hydrogen (secondary N) is 1. The lowest BCUT2D eigenvalue weighted by atomic mass is 10.1. The lowest BCUT2D eigenvalue weighted by Gasteiger charge is -2.11. The van der Waals surface area contributed by atoms with Gasteiger partial charge < -0.3 is 5.32 Å². The molecule has 0 unspecified atom stereocenters. The van der Waals surface area contributed by atoms with Crippen molar-refractivity contribution < 1.29 is 9.59 Å². The van der Waals surface area contributed by atoms with E-state index >= 15 is 0 Å². The number of rotatable bonds is 3. The van der Waals surface area contributed by atoms with Crippen molar-refractivity contribution in [2.45, 2.75) is 6.54 Å². The van der Waals surface area contributed by atoms with Crippen LogP contribution in [0.25, 0.3) is 6.08 Å². The van der Waals surface area contributed by atoms with Gasteiger partial charge in [0, 0.05) is 0 Å². The van der Waals surface area contributed by atoms with Gasteiger partial charge in [-0.05, 0) is 29.3 Å². The summed E-state index contributed by atoms with van der Waals surface area (Å²) in [5.41, 5.74) is 2.40. The molecule has 1 heterocycles. The summed E-state index contributed by atoms with van der Waals surface area (Å²) in [6, 6.07) is 17.7. The molecule has 1 aliphatic heterocycles. The van der Waals surface area contributed by atoms with Crippen LogP contribution in [0, 0.1) is 11.3 Å². The molecule has 2 aromatic carbocycles. The monoisotopic (exact) mass is 303 g/mol. The molecule has 1 saturated heterocycles. The smallest absolute Gasteiger partial charge is 0.303 e. The van der Waals surface area contributed by atoms with Crippen LogP contribution >= 0.6 is 0 Å². The van der Waals surface area contributed by atoms with Crippen molar-refractivity contribution in [2.24, 2.45) is 0 Å². The average Bonchev–Trinajstić information content (AvgIpc) is 2.84. The number of nitriles is 1. The Morgan fingerprint density at radius 3 is 2.39 bits per heavy atom. The van der Waals surface area contributed by atoms with E-state index < -0.39 is 6.03 Å². The maximum atomic E-state index is 12.4. The summed E-state index contributed by atoms with van der Waals surface area (Å²) in [5, 5.41) is 11.4. The zero-order chi connectivity index (χ0) is 16.2. The second-order valence-electron chi connectivity index (χ2n) is 5.10. The summed E-state index contributed by atoms with van der Waals surface area (Å²) in [4.78, 5) is 25.5. The Balaban J connectivity index is 1.80. The Morgan fingerprint density at radius 2 is 1.74 bits per heavy atom. The highest BCUT2D eigenvalue weighted by Gasteiger charge is 2.33. The molecule has 0 saturated carbocycles. The van der Waals surface area contributed by atoms with Gasteiger partial charge in [0.25, 0.3) is 5.91 Å². The van der Waals surface area contributed by atoms with Gasteiger partial charge in [-0.25, -0.2) is 4.79 Å². The number of amides is 3. The van der Waals surface area contributed by atoms with Gasteiger partial charge >= 0.3 is 6.03 Å². The molecule has 3 amide bonds. The fraction of sp³-hybridized carbons (Fsp3) is 0.0556. The van der Waals surface area contributed by atoms with E-state index in [1.807, 2.05) is 36.4 Å². The summed E-state index contributed by atoms with van der Waals surface area (Å²) in [5.74, 6) is -0.358. The Kier molecular flexibility index (Phi) is 3.89. The van der Waals surface area contributed by atoms with Crippen LogP contribution in [0.3, 0.4) is 0 Å². The number of nitrogens with zero attached hydrogens (tertiary/aromatic N) is 2. The maximum absolute atomic E-state index is 12.4. The third-order valence-corrected chi connectivity index (χ3v) is 3.50. The largest absolute Gasteiger partial charge is 0.329 e. The summed E-state index contributed by atoms with van der Waals surface area (Å²) in [6.45, 7) is 0.232. The number of benzene rings is 2. The van der Waals surface area contributed by atoms with E-state index in [1.54, 1.807) is 30.3 Å². The Labute approximate surface area is 133 Å². The predicted molar refractivity (Wildman–Crippen MR) is 84.7 cm³/mol. The molecule has 2 aromatic rings. The molecule has 1 aliphatic rings. The highest BCUT2D eigenvalue weighted by atomic mass is 16.2. The molecular weight excluding hydrogens is 290 g/mol. The lowest BCUT2D eigenvalue weighted by Crippen LogP contribution is -2.30. The van der Waals surface area contributed by atoms with E-state index in [1.165, 1.54) is 4.90 Å². The van der Waals surface area contributed by atoms with Crippen molar-refractivity contribution in [3.8, 4) is 6.07 Å². The fourth-order valence-corrected chi connectivity index (χ4v) is 2.30. The Hall–Kier alpha value is -3.39. The van der Waals surface area contributed by atoms with E-state index in [2.05, 4.69) is 5.32 Å². The van der Waals surface area contributed by atoms with E-state index in [0.717, 1.165) is 11.1 Å². The second-order valence-corrected chi connectivity index (χ2v) is 5.10. The molecule has 0 aliphatic carbocycles. The van der Waals surface area contributed by atoms with Crippen LogP contribution in [0.15, 0.2) is 60.3 Å². The van der Waals surface area contributed by atoms with Crippen LogP contribution in [0.4, 0.5) is 4.79 Å². The molecule has 0 bridgehead atoms. The molecule has 112 valence electrons. The highest BCUT2D eigenvalue weighted by Crippen LogP contribution is 2.17. The van der Waals surface area contributed by atoms with Gasteiger partial charge in [0.05, 0.1) is 18.2 Å². The molecule has 5 nitrogen and oxygen atoms in total. The number of carbonyl (C=O) groups excluding carboxylic acids is 2. The first-order chi connectivity index (χ1) is 11.2. The highest BCUT2D eigenvalue weighted by molar-refractivity contribution is 6.13. The normalized spacial score (nSPS) is 15.6. The van der Waals surface area contributed by atoms with Crippen LogP contribution < -0.4 is 5.32 Å². The van der Waals surface area contributed by atoms with Crippen molar-refractivity contribution in [3.63, 3.8) is 0 Å². The Morgan fingerprint density at radius 1 is 1.04 bits per heavy atom. The number of carbonyl (C=O) groups is 2. The van der Waals surface area contributed by atoms with Gasteiger partial charge in [-0.3, -0.25) is 9.69 Å². The van der Waals surface area contributed by atoms with E-state index in [4.69, 9.17) is 5.26 Å². The third-order valence-electron chi connectivity index (χ3n) is 3.50. The number of imide groups is 1. The average molecular weight is 303 g/mol. The SMILES string of the molecule is N#Cc1ccc(/C=C2/NC(=O)N(Cc3ccccc3)C2=O)cc1. The zero-order valence-corrected chi connectivity index (χ0v) is 12.2. The molecule has 0 radical (unpaired) electrons. The quantitative estimate of drug-likeness (QED) is 0.700. The van der Waals surface area contributed by atoms with Gasteiger partial charge in [0.15, 0.2) is 0 Å². The molecule has 23 heavy (non-hydrogen) atoms.